The number of nitrogens with one attached hydrogen (secondary N) is 1. The van der Waals surface area contributed by atoms with Crippen LogP contribution in [0.15, 0.2) is 0 Å². The van der Waals surface area contributed by atoms with Gasteiger partial charge >= 0.3 is 0 Å². The molecule has 2 atom stereocenters. The van der Waals surface area contributed by atoms with Crippen LogP contribution < -0.4 is 5.32 Å². The van der Waals surface area contributed by atoms with Crippen LogP contribution in [-0.4, -0.2) is 25.3 Å². The first-order valence-electron chi connectivity index (χ1n) is 7.64. The molecule has 0 saturated heterocycles. The molecule has 0 amide bonds. The van der Waals surface area contributed by atoms with Gasteiger partial charge in [-0.3, -0.25) is 0 Å². The van der Waals surface area contributed by atoms with E-state index in [4.69, 9.17) is 4.74 Å². The maximum absolute atomic E-state index is 5.83. The Bertz CT molecular complexity index is 176. The van der Waals surface area contributed by atoms with Gasteiger partial charge in [-0.2, -0.15) is 0 Å². The number of hydrogen-bond acceptors (Lipinski definition) is 2. The van der Waals surface area contributed by atoms with E-state index in [1.807, 2.05) is 0 Å². The highest BCUT2D eigenvalue weighted by molar-refractivity contribution is 4.83. The lowest BCUT2D eigenvalue weighted by molar-refractivity contribution is 0.0274. The first kappa shape index (κ1) is 15.0. The summed E-state index contributed by atoms with van der Waals surface area (Å²) >= 11 is 0. The molecule has 1 rings (SSSR count). The van der Waals surface area contributed by atoms with E-state index in [-0.39, 0.29) is 0 Å². The predicted octanol–water partition coefficient (Wildman–Crippen LogP) is 3.75. The summed E-state index contributed by atoms with van der Waals surface area (Å²) in [6, 6.07) is 0.563. The largest absolute Gasteiger partial charge is 0.377 e. The van der Waals surface area contributed by atoms with E-state index in [0.29, 0.717) is 12.1 Å². The summed E-state index contributed by atoms with van der Waals surface area (Å²) in [5.41, 5.74) is 0. The lowest BCUT2D eigenvalue weighted by Crippen LogP contribution is -2.45. The van der Waals surface area contributed by atoms with Crippen LogP contribution in [0.5, 0.6) is 0 Å². The Morgan fingerprint density at radius 1 is 1.12 bits per heavy atom. The van der Waals surface area contributed by atoms with Crippen LogP contribution in [0.25, 0.3) is 0 Å². The van der Waals surface area contributed by atoms with Gasteiger partial charge in [-0.05, 0) is 45.6 Å². The number of hydrogen-bond donors (Lipinski definition) is 1. The molecule has 2 heteroatoms. The van der Waals surface area contributed by atoms with Crippen molar-refractivity contribution in [2.75, 3.05) is 13.2 Å². The zero-order valence-electron chi connectivity index (χ0n) is 12.0. The van der Waals surface area contributed by atoms with Crippen molar-refractivity contribution in [2.45, 2.75) is 77.9 Å². The highest BCUT2D eigenvalue weighted by atomic mass is 16.5. The molecule has 17 heavy (non-hydrogen) atoms. The Morgan fingerprint density at radius 3 is 2.29 bits per heavy atom. The molecular formula is C15H31NO. The van der Waals surface area contributed by atoms with Crippen LogP contribution in [0.2, 0.25) is 0 Å². The molecule has 0 radical (unpaired) electrons. The van der Waals surface area contributed by atoms with Crippen LogP contribution in [0.4, 0.5) is 0 Å². The molecule has 0 bridgehead atoms. The monoisotopic (exact) mass is 241 g/mol. The molecule has 0 spiro atoms. The SMILES string of the molecule is CCCNC(C1CCCCCC1)C(C)OCC. The molecule has 2 nitrogen and oxygen atoms in total. The standard InChI is InChI=1S/C15H31NO/c1-4-12-16-15(13(3)17-5-2)14-10-8-6-7-9-11-14/h13-16H,4-12H2,1-3H3. The Kier molecular flexibility index (Phi) is 7.87. The van der Waals surface area contributed by atoms with Crippen molar-refractivity contribution in [3.05, 3.63) is 0 Å². The van der Waals surface area contributed by atoms with Gasteiger partial charge in [-0.1, -0.05) is 32.6 Å². The number of ether oxygens (including phenoxy) is 1. The minimum Gasteiger partial charge on any atom is -0.377 e. The smallest absolute Gasteiger partial charge is 0.0702 e. The molecule has 0 aromatic heterocycles. The molecule has 102 valence electrons. The minimum atomic E-state index is 0.356. The molecule has 1 N–H and O–H groups in total. The fourth-order valence-electron chi connectivity index (χ4n) is 3.06. The average Bonchev–Trinajstić information content (AvgIpc) is 2.59. The molecule has 0 aliphatic heterocycles. The summed E-state index contributed by atoms with van der Waals surface area (Å²) in [7, 11) is 0. The van der Waals surface area contributed by atoms with E-state index >= 15 is 0 Å². The summed E-state index contributed by atoms with van der Waals surface area (Å²) in [6.45, 7) is 8.53. The van der Waals surface area contributed by atoms with Gasteiger partial charge in [0.2, 0.25) is 0 Å². The Hall–Kier alpha value is -0.0800. The van der Waals surface area contributed by atoms with Crippen molar-refractivity contribution < 1.29 is 4.74 Å². The predicted molar refractivity (Wildman–Crippen MR) is 74.4 cm³/mol. The molecule has 1 fully saturated rings. The van der Waals surface area contributed by atoms with E-state index in [0.717, 1.165) is 19.1 Å². The van der Waals surface area contributed by atoms with Gasteiger partial charge in [-0.25, -0.2) is 0 Å². The van der Waals surface area contributed by atoms with Crippen molar-refractivity contribution in [1.82, 2.24) is 5.32 Å². The van der Waals surface area contributed by atoms with Crippen molar-refractivity contribution in [1.29, 1.82) is 0 Å². The van der Waals surface area contributed by atoms with Crippen LogP contribution in [0, 0.1) is 5.92 Å². The molecule has 1 aliphatic carbocycles. The second kappa shape index (κ2) is 8.93. The minimum absolute atomic E-state index is 0.356. The van der Waals surface area contributed by atoms with Crippen LogP contribution in [-0.2, 0) is 4.74 Å². The van der Waals surface area contributed by atoms with E-state index in [1.165, 1.54) is 44.9 Å². The molecular weight excluding hydrogens is 210 g/mol. The van der Waals surface area contributed by atoms with Gasteiger partial charge in [0, 0.05) is 12.6 Å². The summed E-state index contributed by atoms with van der Waals surface area (Å²) in [6.07, 6.45) is 10.0. The van der Waals surface area contributed by atoms with Crippen molar-refractivity contribution >= 4 is 0 Å². The van der Waals surface area contributed by atoms with Gasteiger partial charge in [0.05, 0.1) is 6.10 Å². The summed E-state index contributed by atoms with van der Waals surface area (Å²) < 4.78 is 5.83. The topological polar surface area (TPSA) is 21.3 Å². The summed E-state index contributed by atoms with van der Waals surface area (Å²) in [4.78, 5) is 0. The first-order valence-corrected chi connectivity index (χ1v) is 7.64. The summed E-state index contributed by atoms with van der Waals surface area (Å²) in [5.74, 6) is 0.825. The van der Waals surface area contributed by atoms with Crippen LogP contribution in [0.1, 0.15) is 65.7 Å². The van der Waals surface area contributed by atoms with Gasteiger partial charge in [0.1, 0.15) is 0 Å². The molecule has 0 aromatic carbocycles. The van der Waals surface area contributed by atoms with Gasteiger partial charge in [-0.15, -0.1) is 0 Å². The third-order valence-corrected chi connectivity index (χ3v) is 3.97. The fourth-order valence-corrected chi connectivity index (χ4v) is 3.06. The zero-order chi connectivity index (χ0) is 12.5. The molecule has 1 aliphatic rings. The first-order chi connectivity index (χ1) is 8.29. The van der Waals surface area contributed by atoms with Crippen LogP contribution in [0.3, 0.4) is 0 Å². The maximum Gasteiger partial charge on any atom is 0.0702 e. The molecule has 1 saturated carbocycles. The fraction of sp³-hybridized carbons (Fsp3) is 1.00. The lowest BCUT2D eigenvalue weighted by Gasteiger charge is -2.32. The third kappa shape index (κ3) is 5.39. The highest BCUT2D eigenvalue weighted by Crippen LogP contribution is 2.27. The summed E-state index contributed by atoms with van der Waals surface area (Å²) in [5, 5.41) is 3.73. The van der Waals surface area contributed by atoms with Gasteiger partial charge < -0.3 is 10.1 Å². The van der Waals surface area contributed by atoms with Crippen molar-refractivity contribution in [3.63, 3.8) is 0 Å². The maximum atomic E-state index is 5.83. The van der Waals surface area contributed by atoms with Crippen LogP contribution >= 0.6 is 0 Å². The van der Waals surface area contributed by atoms with E-state index in [2.05, 4.69) is 26.1 Å². The van der Waals surface area contributed by atoms with Gasteiger partial charge in [0.25, 0.3) is 0 Å². The number of rotatable bonds is 7. The van der Waals surface area contributed by atoms with E-state index in [9.17, 15) is 0 Å². The molecule has 2 unspecified atom stereocenters. The third-order valence-electron chi connectivity index (χ3n) is 3.97. The second-order valence-corrected chi connectivity index (χ2v) is 5.39. The highest BCUT2D eigenvalue weighted by Gasteiger charge is 2.27. The molecule has 0 aromatic rings. The Labute approximate surface area is 108 Å². The van der Waals surface area contributed by atoms with Crippen molar-refractivity contribution in [3.8, 4) is 0 Å². The Balaban J connectivity index is 2.52. The Morgan fingerprint density at radius 2 is 1.76 bits per heavy atom. The van der Waals surface area contributed by atoms with Gasteiger partial charge in [0.15, 0.2) is 0 Å². The van der Waals surface area contributed by atoms with Crippen molar-refractivity contribution in [2.24, 2.45) is 5.92 Å². The average molecular weight is 241 g/mol. The normalized spacial score (nSPS) is 22.1. The zero-order valence-corrected chi connectivity index (χ0v) is 12.0. The van der Waals surface area contributed by atoms with E-state index < -0.39 is 0 Å². The molecule has 0 heterocycles. The lowest BCUT2D eigenvalue weighted by atomic mass is 9.88. The quantitative estimate of drug-likeness (QED) is 0.685. The second-order valence-electron chi connectivity index (χ2n) is 5.39. The van der Waals surface area contributed by atoms with E-state index in [1.54, 1.807) is 0 Å².